The third-order valence-corrected chi connectivity index (χ3v) is 6.76. The van der Waals surface area contributed by atoms with E-state index in [9.17, 15) is 4.39 Å². The third-order valence-electron chi connectivity index (χ3n) is 5.92. The van der Waals surface area contributed by atoms with E-state index in [0.29, 0.717) is 16.4 Å². The largest absolute Gasteiger partial charge is 0.323 e. The average molecular weight is 370 g/mol. The number of benzene rings is 1. The minimum absolute atomic E-state index is 0.260. The molecule has 3 aliphatic carbocycles. The van der Waals surface area contributed by atoms with Crippen molar-refractivity contribution in [2.45, 2.75) is 31.2 Å². The van der Waals surface area contributed by atoms with E-state index < -0.39 is 0 Å². The van der Waals surface area contributed by atoms with Crippen LogP contribution in [-0.2, 0) is 5.88 Å². The molecule has 5 rings (SSSR count). The molecular formula is C16H15BrClFN2. The third kappa shape index (κ3) is 1.61. The first-order valence-corrected chi connectivity index (χ1v) is 8.93. The van der Waals surface area contributed by atoms with Gasteiger partial charge in [0.05, 0.1) is 21.4 Å². The molecule has 0 amide bonds. The Balaban J connectivity index is 1.67. The predicted octanol–water partition coefficient (Wildman–Crippen LogP) is 4.89. The maximum atomic E-state index is 13.7. The van der Waals surface area contributed by atoms with Crippen molar-refractivity contribution in [1.29, 1.82) is 0 Å². The summed E-state index contributed by atoms with van der Waals surface area (Å²) in [6, 6.07) is 3.93. The van der Waals surface area contributed by atoms with Gasteiger partial charge < -0.3 is 4.57 Å². The second-order valence-electron chi connectivity index (χ2n) is 6.77. The van der Waals surface area contributed by atoms with E-state index in [1.165, 1.54) is 25.3 Å². The Hall–Kier alpha value is -0.610. The Bertz CT molecular complexity index is 742. The lowest BCUT2D eigenvalue weighted by atomic mass is 10.0. The number of imidazole rings is 1. The van der Waals surface area contributed by atoms with Gasteiger partial charge in [0.25, 0.3) is 0 Å². The van der Waals surface area contributed by atoms with Gasteiger partial charge in [-0.3, -0.25) is 0 Å². The van der Waals surface area contributed by atoms with Crippen LogP contribution < -0.4 is 0 Å². The summed E-state index contributed by atoms with van der Waals surface area (Å²) in [6.07, 6.45) is 4.21. The minimum atomic E-state index is -0.260. The molecule has 0 spiro atoms. The van der Waals surface area contributed by atoms with Crippen LogP contribution in [0.3, 0.4) is 0 Å². The zero-order valence-corrected chi connectivity index (χ0v) is 13.7. The Morgan fingerprint density at radius 1 is 1.29 bits per heavy atom. The molecular weight excluding hydrogens is 355 g/mol. The highest BCUT2D eigenvalue weighted by atomic mass is 79.9. The molecule has 0 radical (unpaired) electrons. The van der Waals surface area contributed by atoms with Crippen molar-refractivity contribution in [2.75, 3.05) is 0 Å². The number of nitrogens with zero attached hydrogens (tertiary/aromatic N) is 2. The zero-order chi connectivity index (χ0) is 14.3. The van der Waals surface area contributed by atoms with Crippen molar-refractivity contribution in [3.63, 3.8) is 0 Å². The van der Waals surface area contributed by atoms with Crippen LogP contribution in [0.15, 0.2) is 16.6 Å². The lowest BCUT2D eigenvalue weighted by molar-refractivity contribution is 0.454. The number of aromatic nitrogens is 2. The Labute approximate surface area is 135 Å². The van der Waals surface area contributed by atoms with E-state index in [0.717, 1.165) is 40.5 Å². The summed E-state index contributed by atoms with van der Waals surface area (Å²) in [5, 5.41) is 0. The molecule has 2 nitrogen and oxygen atoms in total. The van der Waals surface area contributed by atoms with E-state index in [4.69, 9.17) is 11.6 Å². The lowest BCUT2D eigenvalue weighted by Gasteiger charge is -2.13. The van der Waals surface area contributed by atoms with Gasteiger partial charge in [-0.2, -0.15) is 0 Å². The molecule has 21 heavy (non-hydrogen) atoms. The molecule has 110 valence electrons. The molecule has 1 heterocycles. The first kappa shape index (κ1) is 12.9. The van der Waals surface area contributed by atoms with Gasteiger partial charge in [-0.05, 0) is 64.9 Å². The van der Waals surface area contributed by atoms with Gasteiger partial charge in [0.15, 0.2) is 0 Å². The van der Waals surface area contributed by atoms with E-state index in [2.05, 4.69) is 25.5 Å². The quantitative estimate of drug-likeness (QED) is 0.689. The highest BCUT2D eigenvalue weighted by Crippen LogP contribution is 2.72. The Morgan fingerprint density at radius 2 is 2.00 bits per heavy atom. The molecule has 4 atom stereocenters. The maximum Gasteiger partial charge on any atom is 0.139 e. The standard InChI is InChI=1S/C16H15BrClFN2/c17-9-4-12-11(5-10(9)19)20-13(6-18)21(12)16-14-7-1-2-8(3-7)15(14)16/h4-5,7-8,14-16H,1-3,6H2. The van der Waals surface area contributed by atoms with Crippen molar-refractivity contribution in [3.8, 4) is 0 Å². The molecule has 0 N–H and O–H groups in total. The molecule has 1 aromatic heterocycles. The Kier molecular flexibility index (Phi) is 2.59. The van der Waals surface area contributed by atoms with Crippen LogP contribution in [0.1, 0.15) is 31.1 Å². The van der Waals surface area contributed by atoms with E-state index in [-0.39, 0.29) is 5.82 Å². The number of halogens is 3. The van der Waals surface area contributed by atoms with Gasteiger partial charge in [-0.1, -0.05) is 0 Å². The SMILES string of the molecule is Fc1cc2nc(CCl)n(C3C4C5CCC(C5)C43)c2cc1Br. The van der Waals surface area contributed by atoms with Crippen LogP contribution in [0.5, 0.6) is 0 Å². The summed E-state index contributed by atoms with van der Waals surface area (Å²) in [5.74, 6) is 4.44. The molecule has 3 saturated carbocycles. The molecule has 1 aromatic carbocycles. The first-order chi connectivity index (χ1) is 10.2. The Morgan fingerprint density at radius 3 is 2.67 bits per heavy atom. The number of alkyl halides is 1. The number of rotatable bonds is 2. The van der Waals surface area contributed by atoms with Crippen LogP contribution in [0, 0.1) is 29.5 Å². The van der Waals surface area contributed by atoms with Crippen molar-refractivity contribution in [1.82, 2.24) is 9.55 Å². The maximum absolute atomic E-state index is 13.7. The summed E-state index contributed by atoms with van der Waals surface area (Å²) in [7, 11) is 0. The van der Waals surface area contributed by atoms with Crippen molar-refractivity contribution >= 4 is 38.6 Å². The molecule has 4 unspecified atom stereocenters. The van der Waals surface area contributed by atoms with Crippen LogP contribution >= 0.6 is 27.5 Å². The van der Waals surface area contributed by atoms with Crippen molar-refractivity contribution in [2.24, 2.45) is 23.7 Å². The van der Waals surface area contributed by atoms with Crippen molar-refractivity contribution < 1.29 is 4.39 Å². The lowest BCUT2D eigenvalue weighted by Crippen LogP contribution is -2.07. The van der Waals surface area contributed by atoms with E-state index in [1.807, 2.05) is 6.07 Å². The van der Waals surface area contributed by atoms with E-state index in [1.54, 1.807) is 0 Å². The number of fused-ring (bicyclic) bond motifs is 6. The molecule has 3 fully saturated rings. The summed E-state index contributed by atoms with van der Waals surface area (Å²) < 4.78 is 16.6. The minimum Gasteiger partial charge on any atom is -0.323 e. The zero-order valence-electron chi connectivity index (χ0n) is 11.4. The molecule has 2 aromatic rings. The van der Waals surface area contributed by atoms with Crippen LogP contribution in [0.4, 0.5) is 4.39 Å². The van der Waals surface area contributed by atoms with Crippen LogP contribution in [-0.4, -0.2) is 9.55 Å². The normalized spacial score (nSPS) is 36.4. The fourth-order valence-corrected chi connectivity index (χ4v) is 5.71. The number of hydrogen-bond acceptors (Lipinski definition) is 1. The molecule has 5 heteroatoms. The molecule has 3 aliphatic rings. The summed E-state index contributed by atoms with van der Waals surface area (Å²) >= 11 is 9.41. The van der Waals surface area contributed by atoms with E-state index >= 15 is 0 Å². The highest BCUT2D eigenvalue weighted by molar-refractivity contribution is 9.10. The van der Waals surface area contributed by atoms with Gasteiger partial charge in [-0.25, -0.2) is 9.37 Å². The fraction of sp³-hybridized carbons (Fsp3) is 0.562. The van der Waals surface area contributed by atoms with Gasteiger partial charge in [-0.15, -0.1) is 11.6 Å². The second-order valence-corrected chi connectivity index (χ2v) is 7.89. The highest BCUT2D eigenvalue weighted by Gasteiger charge is 2.66. The van der Waals surface area contributed by atoms with Gasteiger partial charge in [0.2, 0.25) is 0 Å². The first-order valence-electron chi connectivity index (χ1n) is 7.61. The number of hydrogen-bond donors (Lipinski definition) is 0. The average Bonchev–Trinajstić information content (AvgIpc) is 2.82. The summed E-state index contributed by atoms with van der Waals surface area (Å²) in [5.41, 5.74) is 1.75. The molecule has 2 bridgehead atoms. The molecule has 0 saturated heterocycles. The second kappa shape index (κ2) is 4.23. The monoisotopic (exact) mass is 368 g/mol. The van der Waals surface area contributed by atoms with Crippen molar-refractivity contribution in [3.05, 3.63) is 28.2 Å². The topological polar surface area (TPSA) is 17.8 Å². The fourth-order valence-electron chi connectivity index (χ4n) is 5.19. The summed E-state index contributed by atoms with van der Waals surface area (Å²) in [4.78, 5) is 4.56. The van der Waals surface area contributed by atoms with Crippen LogP contribution in [0.2, 0.25) is 0 Å². The van der Waals surface area contributed by atoms with Gasteiger partial charge in [0.1, 0.15) is 11.6 Å². The smallest absolute Gasteiger partial charge is 0.139 e. The summed E-state index contributed by atoms with van der Waals surface area (Å²) in [6.45, 7) is 0. The van der Waals surface area contributed by atoms with Gasteiger partial charge in [0, 0.05) is 12.1 Å². The van der Waals surface area contributed by atoms with Crippen LogP contribution in [0.25, 0.3) is 11.0 Å². The predicted molar refractivity (Wildman–Crippen MR) is 83.8 cm³/mol. The molecule has 0 aliphatic heterocycles. The van der Waals surface area contributed by atoms with Gasteiger partial charge >= 0.3 is 0 Å².